The van der Waals surface area contributed by atoms with Gasteiger partial charge in [-0.2, -0.15) is 0 Å². The highest BCUT2D eigenvalue weighted by Gasteiger charge is 2.47. The monoisotopic (exact) mass is 464 g/mol. The number of halogens is 1. The van der Waals surface area contributed by atoms with Crippen LogP contribution in [0.2, 0.25) is 0 Å². The zero-order chi connectivity index (χ0) is 21.4. The minimum absolute atomic E-state index is 0.0132. The van der Waals surface area contributed by atoms with E-state index in [1.165, 1.54) is 7.11 Å². The molecule has 0 amide bonds. The molecule has 0 radical (unpaired) electrons. The summed E-state index contributed by atoms with van der Waals surface area (Å²) in [5, 5.41) is 0. The number of hydrogen-bond donors (Lipinski definition) is 0. The number of ketones is 1. The normalized spacial score (nSPS) is 20.7. The molecule has 2 rings (SSSR count). The predicted molar refractivity (Wildman–Crippen MR) is 115 cm³/mol. The van der Waals surface area contributed by atoms with Crippen LogP contribution in [0.3, 0.4) is 0 Å². The number of methoxy groups -OCH3 is 2. The molecule has 2 unspecified atom stereocenters. The molecular formula is C23H29BrO5. The van der Waals surface area contributed by atoms with Crippen LogP contribution in [0, 0.1) is 23.2 Å². The maximum absolute atomic E-state index is 13.0. The number of carbonyl (C=O) groups is 2. The van der Waals surface area contributed by atoms with Gasteiger partial charge in [-0.15, -0.1) is 5.92 Å². The fraction of sp³-hybridized carbons (Fsp3) is 0.565. The molecule has 0 heterocycles. The van der Waals surface area contributed by atoms with Crippen LogP contribution in [0.15, 0.2) is 16.6 Å². The van der Waals surface area contributed by atoms with Gasteiger partial charge in [0.1, 0.15) is 11.5 Å². The van der Waals surface area contributed by atoms with E-state index < -0.39 is 5.41 Å². The first kappa shape index (κ1) is 23.4. The van der Waals surface area contributed by atoms with Crippen molar-refractivity contribution >= 4 is 27.7 Å². The second-order valence-corrected chi connectivity index (χ2v) is 8.30. The van der Waals surface area contributed by atoms with Crippen molar-refractivity contribution in [2.24, 2.45) is 11.3 Å². The van der Waals surface area contributed by atoms with E-state index in [1.54, 1.807) is 14.0 Å². The molecular weight excluding hydrogens is 436 g/mol. The Hall–Kier alpha value is -1.84. The summed E-state index contributed by atoms with van der Waals surface area (Å²) in [5.41, 5.74) is 0.817. The molecule has 6 heteroatoms. The molecule has 1 fully saturated rings. The van der Waals surface area contributed by atoms with Crippen LogP contribution in [0.1, 0.15) is 50.7 Å². The molecule has 158 valence electrons. The first-order valence-corrected chi connectivity index (χ1v) is 10.7. The Morgan fingerprint density at radius 1 is 1.31 bits per heavy atom. The molecule has 1 aliphatic rings. The summed E-state index contributed by atoms with van der Waals surface area (Å²) in [6, 6.07) is 3.71. The highest BCUT2D eigenvalue weighted by molar-refractivity contribution is 9.10. The number of hydrogen-bond acceptors (Lipinski definition) is 5. The summed E-state index contributed by atoms with van der Waals surface area (Å²) < 4.78 is 16.9. The Balaban J connectivity index is 2.19. The van der Waals surface area contributed by atoms with Crippen LogP contribution >= 0.6 is 15.9 Å². The van der Waals surface area contributed by atoms with Crippen molar-refractivity contribution in [2.75, 3.05) is 27.4 Å². The summed E-state index contributed by atoms with van der Waals surface area (Å²) in [6.45, 7) is 4.98. The molecule has 1 saturated carbocycles. The molecule has 0 spiro atoms. The Bertz CT molecular complexity index is 807. The first-order chi connectivity index (χ1) is 13.9. The van der Waals surface area contributed by atoms with E-state index in [-0.39, 0.29) is 30.5 Å². The van der Waals surface area contributed by atoms with Gasteiger partial charge in [-0.1, -0.05) is 21.9 Å². The highest BCUT2D eigenvalue weighted by atomic mass is 79.9. The van der Waals surface area contributed by atoms with E-state index >= 15 is 0 Å². The summed E-state index contributed by atoms with van der Waals surface area (Å²) in [7, 11) is 2.96. The number of rotatable bonds is 9. The minimum Gasteiger partial charge on any atom is -0.496 e. The summed E-state index contributed by atoms with van der Waals surface area (Å²) in [5.74, 6) is 6.42. The van der Waals surface area contributed by atoms with Crippen LogP contribution in [-0.2, 0) is 25.5 Å². The van der Waals surface area contributed by atoms with E-state index in [0.717, 1.165) is 22.0 Å². The number of Topliss-reactive ketones (excluding diaryl/α,β-unsaturated/α-hetero) is 1. The molecule has 1 aromatic rings. The van der Waals surface area contributed by atoms with E-state index in [9.17, 15) is 9.59 Å². The van der Waals surface area contributed by atoms with Crippen molar-refractivity contribution in [3.8, 4) is 17.6 Å². The lowest BCUT2D eigenvalue weighted by Gasteiger charge is -2.26. The second-order valence-electron chi connectivity index (χ2n) is 7.45. The molecule has 2 atom stereocenters. The molecule has 29 heavy (non-hydrogen) atoms. The summed E-state index contributed by atoms with van der Waals surface area (Å²) in [6.07, 6.45) is 2.47. The molecule has 0 aliphatic heterocycles. The zero-order valence-electron chi connectivity index (χ0n) is 17.6. The van der Waals surface area contributed by atoms with Gasteiger partial charge >= 0.3 is 5.97 Å². The van der Waals surface area contributed by atoms with Crippen molar-refractivity contribution in [2.45, 2.75) is 46.0 Å². The average molecular weight is 465 g/mol. The molecule has 0 aromatic heterocycles. The summed E-state index contributed by atoms with van der Waals surface area (Å²) >= 11 is 3.54. The molecule has 1 aromatic carbocycles. The number of esters is 1. The Kier molecular flexibility index (Phi) is 8.73. The molecule has 0 N–H and O–H groups in total. The third kappa shape index (κ3) is 5.83. The van der Waals surface area contributed by atoms with Gasteiger partial charge < -0.3 is 14.2 Å². The van der Waals surface area contributed by atoms with Gasteiger partial charge in [0.05, 0.1) is 19.6 Å². The van der Waals surface area contributed by atoms with Gasteiger partial charge in [-0.3, -0.25) is 9.59 Å². The lowest BCUT2D eigenvalue weighted by Crippen LogP contribution is -2.33. The van der Waals surface area contributed by atoms with Crippen molar-refractivity contribution in [1.82, 2.24) is 0 Å². The van der Waals surface area contributed by atoms with Crippen LogP contribution in [0.5, 0.6) is 5.75 Å². The van der Waals surface area contributed by atoms with Crippen LogP contribution in [-0.4, -0.2) is 39.2 Å². The maximum Gasteiger partial charge on any atom is 0.312 e. The van der Waals surface area contributed by atoms with E-state index in [1.807, 2.05) is 19.1 Å². The Morgan fingerprint density at radius 2 is 2.07 bits per heavy atom. The fourth-order valence-corrected chi connectivity index (χ4v) is 4.70. The van der Waals surface area contributed by atoms with E-state index in [4.69, 9.17) is 14.2 Å². The molecule has 0 saturated heterocycles. The van der Waals surface area contributed by atoms with Crippen molar-refractivity contribution < 1.29 is 23.8 Å². The van der Waals surface area contributed by atoms with Crippen LogP contribution < -0.4 is 4.74 Å². The van der Waals surface area contributed by atoms with E-state index in [2.05, 4.69) is 27.8 Å². The average Bonchev–Trinajstić information content (AvgIpc) is 3.11. The first-order valence-electron chi connectivity index (χ1n) is 9.86. The van der Waals surface area contributed by atoms with E-state index in [0.29, 0.717) is 31.8 Å². The quantitative estimate of drug-likeness (QED) is 0.402. The van der Waals surface area contributed by atoms with Gasteiger partial charge in [0.25, 0.3) is 0 Å². The van der Waals surface area contributed by atoms with Crippen LogP contribution in [0.25, 0.3) is 0 Å². The largest absolute Gasteiger partial charge is 0.496 e. The topological polar surface area (TPSA) is 61.8 Å². The lowest BCUT2D eigenvalue weighted by molar-refractivity contribution is -0.155. The molecule has 5 nitrogen and oxygen atoms in total. The summed E-state index contributed by atoms with van der Waals surface area (Å²) in [4.78, 5) is 25.6. The highest BCUT2D eigenvalue weighted by Crippen LogP contribution is 2.46. The zero-order valence-corrected chi connectivity index (χ0v) is 19.2. The Morgan fingerprint density at radius 3 is 2.69 bits per heavy atom. The van der Waals surface area contributed by atoms with Crippen molar-refractivity contribution in [1.29, 1.82) is 0 Å². The smallest absolute Gasteiger partial charge is 0.312 e. The van der Waals surface area contributed by atoms with Gasteiger partial charge in [0, 0.05) is 41.7 Å². The standard InChI is InChI=1S/C23H29BrO5/c1-5-7-16-10-20(24)19(21(11-16)27-3)12-18(25)14-23(22(26)28-4)9-8-17(13-23)15-29-6-2/h10-11,17H,6,8-9,12-15H2,1-4H3. The third-order valence-corrected chi connectivity index (χ3v) is 6.15. The number of ether oxygens (including phenoxy) is 3. The van der Waals surface area contributed by atoms with Gasteiger partial charge in [0.15, 0.2) is 0 Å². The molecule has 0 bridgehead atoms. The minimum atomic E-state index is -0.763. The van der Waals surface area contributed by atoms with Crippen molar-refractivity contribution in [3.63, 3.8) is 0 Å². The fourth-order valence-electron chi connectivity index (χ4n) is 4.12. The van der Waals surface area contributed by atoms with Gasteiger partial charge in [0.2, 0.25) is 0 Å². The number of carbonyl (C=O) groups excluding carboxylic acids is 2. The lowest BCUT2D eigenvalue weighted by atomic mass is 9.79. The second kappa shape index (κ2) is 10.8. The van der Waals surface area contributed by atoms with Gasteiger partial charge in [-0.05, 0) is 51.2 Å². The third-order valence-electron chi connectivity index (χ3n) is 5.44. The van der Waals surface area contributed by atoms with Crippen molar-refractivity contribution in [3.05, 3.63) is 27.7 Å². The van der Waals surface area contributed by atoms with Crippen LogP contribution in [0.4, 0.5) is 0 Å². The maximum atomic E-state index is 13.0. The number of benzene rings is 1. The molecule has 1 aliphatic carbocycles. The SMILES string of the molecule is CC#Cc1cc(Br)c(CC(=O)CC2(C(=O)OC)CCC(COCC)C2)c(OC)c1. The predicted octanol–water partition coefficient (Wildman–Crippen LogP) is 4.33. The Labute approximate surface area is 181 Å². The van der Waals surface area contributed by atoms with Gasteiger partial charge in [-0.25, -0.2) is 0 Å².